The smallest absolute Gasteiger partial charge is 0.00363 e. The van der Waals surface area contributed by atoms with Crippen LogP contribution in [0.1, 0.15) is 27.2 Å². The molecule has 1 heteroatoms. The van der Waals surface area contributed by atoms with E-state index in [-0.39, 0.29) is 0 Å². The molecule has 0 spiro atoms. The lowest BCUT2D eigenvalue weighted by molar-refractivity contribution is 0.484. The van der Waals surface area contributed by atoms with Crippen molar-refractivity contribution in [3.05, 3.63) is 12.3 Å². The van der Waals surface area contributed by atoms with Crippen molar-refractivity contribution in [2.75, 3.05) is 0 Å². The second-order valence-corrected chi connectivity index (χ2v) is 3.11. The highest BCUT2D eigenvalue weighted by Gasteiger charge is 2.04. The summed E-state index contributed by atoms with van der Waals surface area (Å²) in [6.07, 6.45) is 1.15. The maximum atomic E-state index is 5.49. The van der Waals surface area contributed by atoms with E-state index in [2.05, 4.69) is 27.4 Å². The molecule has 0 aliphatic heterocycles. The highest BCUT2D eigenvalue weighted by molar-refractivity contribution is 4.91. The van der Waals surface area contributed by atoms with E-state index in [0.717, 1.165) is 18.0 Å². The zero-order valence-corrected chi connectivity index (χ0v) is 6.65. The lowest BCUT2D eigenvalue weighted by Gasteiger charge is -2.12. The average molecular weight is 127 g/mol. The van der Waals surface area contributed by atoms with Gasteiger partial charge in [0.05, 0.1) is 0 Å². The Morgan fingerprint density at radius 3 is 2.00 bits per heavy atom. The molecule has 0 aromatic carbocycles. The summed E-state index contributed by atoms with van der Waals surface area (Å²) in [5.74, 6) is 1.20. The van der Waals surface area contributed by atoms with Crippen LogP contribution in [-0.4, -0.2) is 0 Å². The molecule has 0 unspecified atom stereocenters. The molecule has 9 heavy (non-hydrogen) atoms. The van der Waals surface area contributed by atoms with Crippen molar-refractivity contribution in [1.29, 1.82) is 0 Å². The maximum Gasteiger partial charge on any atom is 0.00363 e. The molecule has 2 N–H and O–H groups in total. The Bertz CT molecular complexity index is 94.7. The summed E-state index contributed by atoms with van der Waals surface area (Å²) in [6.45, 7) is 10.2. The number of allylic oxidation sites excluding steroid dienone is 1. The molecule has 0 radical (unpaired) electrons. The fourth-order valence-electron chi connectivity index (χ4n) is 0.858. The summed E-state index contributed by atoms with van der Waals surface area (Å²) >= 11 is 0. The van der Waals surface area contributed by atoms with Crippen molar-refractivity contribution in [2.45, 2.75) is 27.2 Å². The molecular weight excluding hydrogens is 110 g/mol. The minimum absolute atomic E-state index is 0.477. The number of nitrogens with two attached hydrogens (primary N) is 1. The summed E-state index contributed by atoms with van der Waals surface area (Å²) in [5.41, 5.74) is 6.30. The van der Waals surface area contributed by atoms with Crippen molar-refractivity contribution >= 4 is 0 Å². The van der Waals surface area contributed by atoms with Gasteiger partial charge in [0.15, 0.2) is 0 Å². The molecule has 0 aromatic rings. The minimum Gasteiger partial charge on any atom is -0.402 e. The Kier molecular flexibility index (Phi) is 3.36. The highest BCUT2D eigenvalue weighted by Crippen LogP contribution is 2.13. The van der Waals surface area contributed by atoms with Gasteiger partial charge in [-0.25, -0.2) is 0 Å². The van der Waals surface area contributed by atoms with E-state index in [1.165, 1.54) is 0 Å². The molecule has 1 nitrogen and oxygen atoms in total. The first-order chi connectivity index (χ1) is 4.04. The zero-order chi connectivity index (χ0) is 7.44. The van der Waals surface area contributed by atoms with Gasteiger partial charge in [-0.1, -0.05) is 27.4 Å². The Balaban J connectivity index is 3.50. The molecule has 0 fully saturated rings. The first kappa shape index (κ1) is 8.54. The average Bonchev–Trinajstić information content (AvgIpc) is 1.63. The summed E-state index contributed by atoms with van der Waals surface area (Å²) in [6, 6.07) is 0. The number of hydrogen-bond donors (Lipinski definition) is 1. The second-order valence-electron chi connectivity index (χ2n) is 3.11. The third-order valence-corrected chi connectivity index (χ3v) is 1.46. The standard InChI is InChI=1S/C8H17N/c1-6(2)5-7(3)8(4)9/h6-7H,4-5,9H2,1-3H3/t7-/m0/s1. The first-order valence-corrected chi connectivity index (χ1v) is 3.48. The summed E-state index contributed by atoms with van der Waals surface area (Å²) < 4.78 is 0. The van der Waals surface area contributed by atoms with Crippen molar-refractivity contribution in [3.63, 3.8) is 0 Å². The fourth-order valence-corrected chi connectivity index (χ4v) is 0.858. The van der Waals surface area contributed by atoms with E-state index in [4.69, 9.17) is 5.73 Å². The Morgan fingerprint density at radius 1 is 1.44 bits per heavy atom. The lowest BCUT2D eigenvalue weighted by Crippen LogP contribution is -2.09. The third-order valence-electron chi connectivity index (χ3n) is 1.46. The molecule has 0 saturated heterocycles. The van der Waals surface area contributed by atoms with Crippen molar-refractivity contribution in [2.24, 2.45) is 17.6 Å². The van der Waals surface area contributed by atoms with Crippen LogP contribution >= 0.6 is 0 Å². The van der Waals surface area contributed by atoms with Gasteiger partial charge in [-0.3, -0.25) is 0 Å². The Morgan fingerprint density at radius 2 is 1.89 bits per heavy atom. The molecular formula is C8H17N. The van der Waals surface area contributed by atoms with Crippen molar-refractivity contribution < 1.29 is 0 Å². The normalized spacial score (nSPS) is 13.8. The fraction of sp³-hybridized carbons (Fsp3) is 0.750. The van der Waals surface area contributed by atoms with Crippen LogP contribution in [0.3, 0.4) is 0 Å². The molecule has 0 amide bonds. The van der Waals surface area contributed by atoms with E-state index >= 15 is 0 Å². The molecule has 1 atom stereocenters. The summed E-state index contributed by atoms with van der Waals surface area (Å²) in [5, 5.41) is 0. The van der Waals surface area contributed by atoms with Gasteiger partial charge in [-0.05, 0) is 18.3 Å². The third kappa shape index (κ3) is 4.07. The van der Waals surface area contributed by atoms with Crippen LogP contribution in [0.5, 0.6) is 0 Å². The van der Waals surface area contributed by atoms with E-state index in [0.29, 0.717) is 5.92 Å². The van der Waals surface area contributed by atoms with E-state index in [1.54, 1.807) is 0 Å². The largest absolute Gasteiger partial charge is 0.402 e. The Labute approximate surface area is 57.9 Å². The summed E-state index contributed by atoms with van der Waals surface area (Å²) in [7, 11) is 0. The SMILES string of the molecule is C=C(N)[C@@H](C)CC(C)C. The van der Waals surface area contributed by atoms with Gasteiger partial charge in [0.25, 0.3) is 0 Å². The maximum absolute atomic E-state index is 5.49. The van der Waals surface area contributed by atoms with Crippen LogP contribution < -0.4 is 5.73 Å². The molecule has 0 saturated carbocycles. The van der Waals surface area contributed by atoms with Gasteiger partial charge in [0.1, 0.15) is 0 Å². The number of hydrogen-bond acceptors (Lipinski definition) is 1. The predicted octanol–water partition coefficient (Wildman–Crippen LogP) is 2.14. The van der Waals surface area contributed by atoms with E-state index in [9.17, 15) is 0 Å². The van der Waals surface area contributed by atoms with Crippen molar-refractivity contribution in [3.8, 4) is 0 Å². The second kappa shape index (κ2) is 3.54. The predicted molar refractivity (Wildman–Crippen MR) is 41.9 cm³/mol. The van der Waals surface area contributed by atoms with Gasteiger partial charge in [0, 0.05) is 5.70 Å². The Hall–Kier alpha value is -0.460. The van der Waals surface area contributed by atoms with E-state index < -0.39 is 0 Å². The van der Waals surface area contributed by atoms with E-state index in [1.807, 2.05) is 0 Å². The van der Waals surface area contributed by atoms with Crippen LogP contribution in [-0.2, 0) is 0 Å². The van der Waals surface area contributed by atoms with Crippen LogP contribution in [0.4, 0.5) is 0 Å². The molecule has 0 heterocycles. The molecule has 0 bridgehead atoms. The number of rotatable bonds is 3. The van der Waals surface area contributed by atoms with Crippen LogP contribution in [0.2, 0.25) is 0 Å². The van der Waals surface area contributed by atoms with Gasteiger partial charge < -0.3 is 5.73 Å². The summed E-state index contributed by atoms with van der Waals surface area (Å²) in [4.78, 5) is 0. The highest BCUT2D eigenvalue weighted by atomic mass is 14.6. The first-order valence-electron chi connectivity index (χ1n) is 3.48. The molecule has 0 aliphatic rings. The monoisotopic (exact) mass is 127 g/mol. The van der Waals surface area contributed by atoms with Crippen molar-refractivity contribution in [1.82, 2.24) is 0 Å². The van der Waals surface area contributed by atoms with Crippen LogP contribution in [0, 0.1) is 11.8 Å². The van der Waals surface area contributed by atoms with Gasteiger partial charge in [0.2, 0.25) is 0 Å². The lowest BCUT2D eigenvalue weighted by atomic mass is 9.97. The van der Waals surface area contributed by atoms with Gasteiger partial charge >= 0.3 is 0 Å². The molecule has 0 aliphatic carbocycles. The zero-order valence-electron chi connectivity index (χ0n) is 6.65. The molecule has 54 valence electrons. The quantitative estimate of drug-likeness (QED) is 0.617. The van der Waals surface area contributed by atoms with Crippen LogP contribution in [0.25, 0.3) is 0 Å². The molecule has 0 aromatic heterocycles. The van der Waals surface area contributed by atoms with Gasteiger partial charge in [-0.15, -0.1) is 0 Å². The van der Waals surface area contributed by atoms with Crippen LogP contribution in [0.15, 0.2) is 12.3 Å². The topological polar surface area (TPSA) is 26.0 Å². The molecule has 0 rings (SSSR count). The van der Waals surface area contributed by atoms with Gasteiger partial charge in [-0.2, -0.15) is 0 Å². The minimum atomic E-state index is 0.477.